The Morgan fingerprint density at radius 2 is 2.04 bits per heavy atom. The summed E-state index contributed by atoms with van der Waals surface area (Å²) in [4.78, 5) is 32.9. The Kier molecular flexibility index (Phi) is 5.85. The van der Waals surface area contributed by atoms with E-state index in [1.54, 1.807) is 7.05 Å². The number of esters is 1. The number of hydrogen-bond acceptors (Lipinski definition) is 6. The van der Waals surface area contributed by atoms with Crippen molar-refractivity contribution in [2.75, 3.05) is 20.7 Å². The van der Waals surface area contributed by atoms with Crippen molar-refractivity contribution in [1.29, 1.82) is 0 Å². The van der Waals surface area contributed by atoms with Gasteiger partial charge in [0.05, 0.1) is 7.11 Å². The molecule has 2 aromatic rings. The van der Waals surface area contributed by atoms with Gasteiger partial charge in [-0.3, -0.25) is 14.4 Å². The zero-order chi connectivity index (χ0) is 19.4. The lowest BCUT2D eigenvalue weighted by atomic mass is 9.95. The minimum absolute atomic E-state index is 0.0995. The Balaban J connectivity index is 1.72. The first kappa shape index (κ1) is 19.0. The minimum atomic E-state index is -0.636. The molecule has 2 unspecified atom stereocenters. The monoisotopic (exact) mass is 371 g/mol. The van der Waals surface area contributed by atoms with Gasteiger partial charge in [-0.25, -0.2) is 9.78 Å². The normalized spacial score (nSPS) is 19.9. The van der Waals surface area contributed by atoms with Crippen molar-refractivity contribution >= 4 is 11.9 Å². The third-order valence-corrected chi connectivity index (χ3v) is 5.00. The zero-order valence-electron chi connectivity index (χ0n) is 15.9. The van der Waals surface area contributed by atoms with Crippen LogP contribution in [0.5, 0.6) is 0 Å². The second kappa shape index (κ2) is 8.30. The van der Waals surface area contributed by atoms with Gasteiger partial charge in [0.25, 0.3) is 5.91 Å². The highest BCUT2D eigenvalue weighted by atomic mass is 16.5. The molecule has 144 valence electrons. The molecule has 2 atom stereocenters. The van der Waals surface area contributed by atoms with E-state index in [2.05, 4.69) is 27.1 Å². The fraction of sp³-hybridized carbons (Fsp3) is 0.474. The number of ether oxygens (including phenoxy) is 1. The number of piperidine rings is 1. The molecule has 0 bridgehead atoms. The summed E-state index contributed by atoms with van der Waals surface area (Å²) in [6.07, 6.45) is 2.77. The van der Waals surface area contributed by atoms with Crippen molar-refractivity contribution < 1.29 is 14.3 Å². The summed E-state index contributed by atoms with van der Waals surface area (Å²) in [5.74, 6) is -0.644. The fourth-order valence-corrected chi connectivity index (χ4v) is 3.52. The molecule has 1 amide bonds. The van der Waals surface area contributed by atoms with Crippen molar-refractivity contribution in [2.24, 2.45) is 7.05 Å². The number of likely N-dealkylation sites (tertiary alicyclic amines) is 1. The maximum atomic E-state index is 12.8. The standard InChI is InChI=1S/C19H25N5O3/c1-22(12-14-7-5-4-6-8-14)15-9-10-24(16(11-15)19(26)27-3)18(25)17-20-13-23(2)21-17/h4-8,13,15-16H,9-12H2,1-3H3. The third-order valence-electron chi connectivity index (χ3n) is 5.00. The highest BCUT2D eigenvalue weighted by molar-refractivity contribution is 5.93. The van der Waals surface area contributed by atoms with Gasteiger partial charge in [-0.15, -0.1) is 5.10 Å². The van der Waals surface area contributed by atoms with Crippen LogP contribution in [0.15, 0.2) is 36.7 Å². The SMILES string of the molecule is COC(=O)C1CC(N(C)Cc2ccccc2)CCN1C(=O)c1ncn(C)n1. The van der Waals surface area contributed by atoms with Gasteiger partial charge in [-0.2, -0.15) is 0 Å². The van der Waals surface area contributed by atoms with Crippen molar-refractivity contribution in [2.45, 2.75) is 31.5 Å². The molecule has 1 aromatic carbocycles. The number of nitrogens with zero attached hydrogens (tertiary/aromatic N) is 5. The molecular weight excluding hydrogens is 346 g/mol. The fourth-order valence-electron chi connectivity index (χ4n) is 3.52. The second-order valence-corrected chi connectivity index (χ2v) is 6.86. The number of methoxy groups -OCH3 is 1. The van der Waals surface area contributed by atoms with Gasteiger partial charge < -0.3 is 9.64 Å². The summed E-state index contributed by atoms with van der Waals surface area (Å²) >= 11 is 0. The predicted octanol–water partition coefficient (Wildman–Crippen LogP) is 1.09. The Labute approximate surface area is 158 Å². The smallest absolute Gasteiger partial charge is 0.328 e. The average Bonchev–Trinajstić information content (AvgIpc) is 3.13. The number of carbonyl (C=O) groups is 2. The van der Waals surface area contributed by atoms with Crippen molar-refractivity contribution in [3.05, 3.63) is 48.0 Å². The van der Waals surface area contributed by atoms with Crippen LogP contribution in [-0.4, -0.2) is 69.2 Å². The average molecular weight is 371 g/mol. The van der Waals surface area contributed by atoms with E-state index in [0.717, 1.165) is 13.0 Å². The molecule has 3 rings (SSSR count). The van der Waals surface area contributed by atoms with E-state index in [-0.39, 0.29) is 17.8 Å². The molecule has 1 aliphatic rings. The maximum absolute atomic E-state index is 12.8. The summed E-state index contributed by atoms with van der Waals surface area (Å²) in [5.41, 5.74) is 1.21. The van der Waals surface area contributed by atoms with E-state index in [4.69, 9.17) is 4.74 Å². The Bertz CT molecular complexity index is 792. The minimum Gasteiger partial charge on any atom is -0.467 e. The Morgan fingerprint density at radius 1 is 1.30 bits per heavy atom. The molecule has 0 saturated carbocycles. The number of aryl methyl sites for hydroxylation is 1. The van der Waals surface area contributed by atoms with Crippen LogP contribution in [0.1, 0.15) is 29.0 Å². The summed E-state index contributed by atoms with van der Waals surface area (Å²) in [6.45, 7) is 1.25. The van der Waals surface area contributed by atoms with E-state index in [9.17, 15) is 9.59 Å². The third kappa shape index (κ3) is 4.33. The molecule has 27 heavy (non-hydrogen) atoms. The van der Waals surface area contributed by atoms with Gasteiger partial charge >= 0.3 is 5.97 Å². The number of benzene rings is 1. The number of rotatable bonds is 5. The molecule has 0 spiro atoms. The van der Waals surface area contributed by atoms with E-state index in [0.29, 0.717) is 13.0 Å². The maximum Gasteiger partial charge on any atom is 0.328 e. The number of hydrogen-bond donors (Lipinski definition) is 0. The number of amides is 1. The molecule has 1 aliphatic heterocycles. The zero-order valence-corrected chi connectivity index (χ0v) is 15.9. The van der Waals surface area contributed by atoms with Crippen LogP contribution in [0, 0.1) is 0 Å². The first-order chi connectivity index (χ1) is 13.0. The lowest BCUT2D eigenvalue weighted by molar-refractivity contribution is -0.148. The number of carbonyl (C=O) groups excluding carboxylic acids is 2. The van der Waals surface area contributed by atoms with E-state index < -0.39 is 12.0 Å². The first-order valence-corrected chi connectivity index (χ1v) is 8.98. The van der Waals surface area contributed by atoms with Crippen molar-refractivity contribution in [3.8, 4) is 0 Å². The molecule has 1 aromatic heterocycles. The van der Waals surface area contributed by atoms with Crippen molar-refractivity contribution in [1.82, 2.24) is 24.6 Å². The number of aromatic nitrogens is 3. The van der Waals surface area contributed by atoms with Crippen LogP contribution in [0.3, 0.4) is 0 Å². The highest BCUT2D eigenvalue weighted by Gasteiger charge is 2.39. The molecule has 8 heteroatoms. The van der Waals surface area contributed by atoms with Crippen LogP contribution in [0.25, 0.3) is 0 Å². The highest BCUT2D eigenvalue weighted by Crippen LogP contribution is 2.24. The van der Waals surface area contributed by atoms with Gasteiger partial charge in [0, 0.05) is 26.2 Å². The van der Waals surface area contributed by atoms with Crippen LogP contribution >= 0.6 is 0 Å². The summed E-state index contributed by atoms with van der Waals surface area (Å²) in [6, 6.07) is 9.73. The molecule has 2 heterocycles. The van der Waals surface area contributed by atoms with Gasteiger partial charge in [-0.1, -0.05) is 30.3 Å². The molecule has 0 N–H and O–H groups in total. The Hall–Kier alpha value is -2.74. The summed E-state index contributed by atoms with van der Waals surface area (Å²) in [7, 11) is 5.09. The second-order valence-electron chi connectivity index (χ2n) is 6.86. The first-order valence-electron chi connectivity index (χ1n) is 8.98. The predicted molar refractivity (Wildman–Crippen MR) is 98.8 cm³/mol. The van der Waals surface area contributed by atoms with E-state index in [1.807, 2.05) is 25.2 Å². The van der Waals surface area contributed by atoms with Crippen LogP contribution in [-0.2, 0) is 23.1 Å². The molecule has 1 saturated heterocycles. The van der Waals surface area contributed by atoms with Gasteiger partial charge in [0.15, 0.2) is 0 Å². The Morgan fingerprint density at radius 3 is 2.67 bits per heavy atom. The molecule has 1 fully saturated rings. The summed E-state index contributed by atoms with van der Waals surface area (Å²) < 4.78 is 6.43. The van der Waals surface area contributed by atoms with Gasteiger partial charge in [0.1, 0.15) is 12.4 Å². The van der Waals surface area contributed by atoms with Crippen LogP contribution < -0.4 is 0 Å². The van der Waals surface area contributed by atoms with Crippen molar-refractivity contribution in [3.63, 3.8) is 0 Å². The molecule has 0 aliphatic carbocycles. The van der Waals surface area contributed by atoms with Gasteiger partial charge in [-0.05, 0) is 25.5 Å². The van der Waals surface area contributed by atoms with E-state index >= 15 is 0 Å². The topological polar surface area (TPSA) is 80.6 Å². The molecular formula is C19H25N5O3. The lowest BCUT2D eigenvalue weighted by Crippen LogP contribution is -2.54. The quantitative estimate of drug-likeness (QED) is 0.732. The summed E-state index contributed by atoms with van der Waals surface area (Å²) in [5, 5.41) is 4.07. The van der Waals surface area contributed by atoms with Gasteiger partial charge in [0.2, 0.25) is 5.82 Å². The van der Waals surface area contributed by atoms with Crippen LogP contribution in [0.4, 0.5) is 0 Å². The molecule has 8 nitrogen and oxygen atoms in total. The largest absolute Gasteiger partial charge is 0.467 e. The lowest BCUT2D eigenvalue weighted by Gasteiger charge is -2.40. The van der Waals surface area contributed by atoms with Crippen LogP contribution in [0.2, 0.25) is 0 Å². The van der Waals surface area contributed by atoms with E-state index in [1.165, 1.54) is 28.6 Å². The molecule has 0 radical (unpaired) electrons.